The molecule has 0 amide bonds. The number of thioether (sulfide) groups is 1. The van der Waals surface area contributed by atoms with Gasteiger partial charge in [0.25, 0.3) is 0 Å². The molecule has 0 aliphatic heterocycles. The van der Waals surface area contributed by atoms with Gasteiger partial charge in [0.05, 0.1) is 17.0 Å². The Morgan fingerprint density at radius 1 is 1.09 bits per heavy atom. The normalized spacial score (nSPS) is 11.3. The number of aromatic nitrogens is 5. The van der Waals surface area contributed by atoms with Crippen LogP contribution in [0.3, 0.4) is 0 Å². The fourth-order valence-electron chi connectivity index (χ4n) is 3.27. The van der Waals surface area contributed by atoms with Gasteiger partial charge in [0.2, 0.25) is 5.16 Å². The molecule has 0 N–H and O–H groups in total. The van der Waals surface area contributed by atoms with Gasteiger partial charge < -0.3 is 4.74 Å². The molecule has 4 rings (SSSR count). The van der Waals surface area contributed by atoms with Crippen molar-refractivity contribution in [3.63, 3.8) is 0 Å². The van der Waals surface area contributed by atoms with Crippen LogP contribution in [0.4, 0.5) is 5.69 Å². The van der Waals surface area contributed by atoms with Crippen LogP contribution < -0.4 is 4.74 Å². The molecule has 0 atom stereocenters. The van der Waals surface area contributed by atoms with E-state index in [1.54, 1.807) is 29.4 Å². The van der Waals surface area contributed by atoms with Gasteiger partial charge in [0.15, 0.2) is 5.82 Å². The average molecular weight is 478 g/mol. The largest absolute Gasteiger partial charge is 0.489 e. The van der Waals surface area contributed by atoms with Gasteiger partial charge >= 0.3 is 5.69 Å². The van der Waals surface area contributed by atoms with Crippen molar-refractivity contribution in [2.24, 2.45) is 5.10 Å². The lowest BCUT2D eigenvalue weighted by Crippen LogP contribution is -2.02. The number of ether oxygens (including phenoxy) is 1. The van der Waals surface area contributed by atoms with E-state index in [0.717, 1.165) is 16.9 Å². The first kappa shape index (κ1) is 23.2. The highest BCUT2D eigenvalue weighted by molar-refractivity contribution is 7.98. The van der Waals surface area contributed by atoms with E-state index >= 15 is 0 Å². The second-order valence-corrected chi connectivity index (χ2v) is 8.39. The fourth-order valence-corrected chi connectivity index (χ4v) is 4.16. The molecule has 0 unspecified atom stereocenters. The average Bonchev–Trinajstić information content (AvgIpc) is 3.33. The number of benzene rings is 2. The molecule has 0 radical (unpaired) electrons. The molecule has 0 saturated carbocycles. The lowest BCUT2D eigenvalue weighted by molar-refractivity contribution is -0.386. The molecular weight excluding hydrogens is 454 g/mol. The van der Waals surface area contributed by atoms with Crippen molar-refractivity contribution in [2.75, 3.05) is 0 Å². The van der Waals surface area contributed by atoms with Gasteiger partial charge in [-0.25, -0.2) is 0 Å². The molecule has 2 heterocycles. The predicted octanol–water partition coefficient (Wildman–Crippen LogP) is 4.52. The van der Waals surface area contributed by atoms with Crippen molar-refractivity contribution in [2.45, 2.75) is 38.4 Å². The van der Waals surface area contributed by atoms with Crippen molar-refractivity contribution in [3.8, 4) is 5.75 Å². The standard InChI is InChI=1S/C23H23N7O3S/c1-16-22(30(31)32)17(2)28(27-16)15-34-23-26-25-18(3)29(23)24-13-19-9-11-21(12-10-19)33-14-20-7-5-4-6-8-20/h4-13H,14-15H2,1-3H3/b24-13+. The van der Waals surface area contributed by atoms with Gasteiger partial charge in [-0.3, -0.25) is 14.8 Å². The number of rotatable bonds is 9. The first-order valence-electron chi connectivity index (χ1n) is 10.5. The van der Waals surface area contributed by atoms with Gasteiger partial charge in [0, 0.05) is 0 Å². The monoisotopic (exact) mass is 477 g/mol. The summed E-state index contributed by atoms with van der Waals surface area (Å²) < 4.78 is 9.04. The van der Waals surface area contributed by atoms with Crippen LogP contribution in [0.15, 0.2) is 64.9 Å². The smallest absolute Gasteiger partial charge is 0.312 e. The summed E-state index contributed by atoms with van der Waals surface area (Å²) in [4.78, 5) is 10.8. The summed E-state index contributed by atoms with van der Waals surface area (Å²) in [6.45, 7) is 5.62. The van der Waals surface area contributed by atoms with Crippen molar-refractivity contribution in [3.05, 3.63) is 93.1 Å². The van der Waals surface area contributed by atoms with E-state index in [1.165, 1.54) is 11.8 Å². The minimum atomic E-state index is -0.409. The third-order valence-electron chi connectivity index (χ3n) is 5.06. The van der Waals surface area contributed by atoms with Crippen LogP contribution in [-0.4, -0.2) is 35.8 Å². The van der Waals surface area contributed by atoms with Gasteiger partial charge in [-0.1, -0.05) is 42.1 Å². The molecule has 2 aromatic heterocycles. The van der Waals surface area contributed by atoms with Gasteiger partial charge in [-0.2, -0.15) is 14.9 Å². The molecule has 174 valence electrons. The van der Waals surface area contributed by atoms with E-state index in [-0.39, 0.29) is 5.69 Å². The summed E-state index contributed by atoms with van der Waals surface area (Å²) in [5.74, 6) is 1.75. The number of nitrogens with zero attached hydrogens (tertiary/aromatic N) is 7. The molecule has 0 spiro atoms. The minimum absolute atomic E-state index is 0.0347. The van der Waals surface area contributed by atoms with Gasteiger partial charge in [0.1, 0.15) is 23.7 Å². The molecule has 0 saturated heterocycles. The fraction of sp³-hybridized carbons (Fsp3) is 0.217. The molecular formula is C23H23N7O3S. The molecule has 34 heavy (non-hydrogen) atoms. The summed E-state index contributed by atoms with van der Waals surface area (Å²) in [5.41, 5.74) is 2.92. The summed E-state index contributed by atoms with van der Waals surface area (Å²) in [7, 11) is 0. The van der Waals surface area contributed by atoms with Gasteiger partial charge in [-0.05, 0) is 56.2 Å². The lowest BCUT2D eigenvalue weighted by Gasteiger charge is -2.06. The Hall–Kier alpha value is -3.99. The summed E-state index contributed by atoms with van der Waals surface area (Å²) in [6, 6.07) is 17.6. The first-order valence-corrected chi connectivity index (χ1v) is 11.5. The zero-order valence-corrected chi connectivity index (χ0v) is 19.8. The number of hydrogen-bond donors (Lipinski definition) is 0. The molecule has 11 heteroatoms. The zero-order valence-electron chi connectivity index (χ0n) is 19.0. The number of aryl methyl sites for hydroxylation is 2. The minimum Gasteiger partial charge on any atom is -0.489 e. The molecule has 2 aromatic carbocycles. The van der Waals surface area contributed by atoms with Crippen LogP contribution in [0, 0.1) is 30.9 Å². The maximum absolute atomic E-state index is 11.2. The number of hydrogen-bond acceptors (Lipinski definition) is 8. The Morgan fingerprint density at radius 2 is 1.82 bits per heavy atom. The topological polar surface area (TPSA) is 113 Å². The molecule has 0 bridgehead atoms. The summed E-state index contributed by atoms with van der Waals surface area (Å²) in [6.07, 6.45) is 1.72. The highest BCUT2D eigenvalue weighted by atomic mass is 32.2. The first-order chi connectivity index (χ1) is 16.4. The van der Waals surface area contributed by atoms with Crippen LogP contribution in [0.5, 0.6) is 5.75 Å². The van der Waals surface area contributed by atoms with Crippen molar-refractivity contribution >= 4 is 23.7 Å². The molecule has 10 nitrogen and oxygen atoms in total. The second-order valence-electron chi connectivity index (χ2n) is 7.48. The van der Waals surface area contributed by atoms with E-state index < -0.39 is 4.92 Å². The predicted molar refractivity (Wildman–Crippen MR) is 129 cm³/mol. The zero-order chi connectivity index (χ0) is 24.1. The van der Waals surface area contributed by atoms with Crippen LogP contribution in [-0.2, 0) is 12.5 Å². The van der Waals surface area contributed by atoms with Crippen LogP contribution in [0.25, 0.3) is 0 Å². The SMILES string of the molecule is Cc1nn(CSc2nnc(C)n2/N=C/c2ccc(OCc3ccccc3)cc2)c(C)c1[N+](=O)[O-]. The highest BCUT2D eigenvalue weighted by Crippen LogP contribution is 2.25. The molecule has 4 aromatic rings. The third-order valence-corrected chi connectivity index (χ3v) is 5.95. The number of nitro groups is 1. The van der Waals surface area contributed by atoms with E-state index in [0.29, 0.717) is 34.9 Å². The van der Waals surface area contributed by atoms with E-state index in [2.05, 4.69) is 20.4 Å². The van der Waals surface area contributed by atoms with Crippen molar-refractivity contribution in [1.82, 2.24) is 24.7 Å². The Morgan fingerprint density at radius 3 is 2.50 bits per heavy atom. The van der Waals surface area contributed by atoms with Crippen LogP contribution >= 0.6 is 11.8 Å². The molecule has 0 fully saturated rings. The Labute approximate surface area is 200 Å². The van der Waals surface area contributed by atoms with E-state index in [1.807, 2.05) is 61.5 Å². The molecule has 0 aliphatic rings. The summed E-state index contributed by atoms with van der Waals surface area (Å²) >= 11 is 1.34. The van der Waals surface area contributed by atoms with Gasteiger partial charge in [-0.15, -0.1) is 10.2 Å². The maximum Gasteiger partial charge on any atom is 0.312 e. The Bertz CT molecular complexity index is 1310. The molecule has 0 aliphatic carbocycles. The van der Waals surface area contributed by atoms with Crippen LogP contribution in [0.2, 0.25) is 0 Å². The Kier molecular flexibility index (Phi) is 7.02. The summed E-state index contributed by atoms with van der Waals surface area (Å²) in [5, 5.41) is 28.8. The van der Waals surface area contributed by atoms with Crippen molar-refractivity contribution in [1.29, 1.82) is 0 Å². The Balaban J connectivity index is 1.41. The highest BCUT2D eigenvalue weighted by Gasteiger charge is 2.22. The van der Waals surface area contributed by atoms with Crippen LogP contribution in [0.1, 0.15) is 28.3 Å². The third kappa shape index (κ3) is 5.31. The van der Waals surface area contributed by atoms with E-state index in [9.17, 15) is 10.1 Å². The second kappa shape index (κ2) is 10.3. The van der Waals surface area contributed by atoms with E-state index in [4.69, 9.17) is 4.74 Å². The lowest BCUT2D eigenvalue weighted by atomic mass is 10.2. The quantitative estimate of drug-likeness (QED) is 0.151. The maximum atomic E-state index is 11.2. The van der Waals surface area contributed by atoms with Crippen molar-refractivity contribution < 1.29 is 9.66 Å².